The van der Waals surface area contributed by atoms with Gasteiger partial charge in [0.15, 0.2) is 23.0 Å². The number of aromatic hydroxyl groups is 6. The second-order valence-electron chi connectivity index (χ2n) is 9.65. The lowest BCUT2D eigenvalue weighted by molar-refractivity contribution is 0.398. The van der Waals surface area contributed by atoms with Crippen molar-refractivity contribution in [1.82, 2.24) is 0 Å². The van der Waals surface area contributed by atoms with Gasteiger partial charge in [-0.3, -0.25) is 0 Å². The molecule has 0 fully saturated rings. The molecule has 7 heteroatoms. The van der Waals surface area contributed by atoms with Crippen LogP contribution < -0.4 is 0 Å². The molecule has 0 heterocycles. The third-order valence-corrected chi connectivity index (χ3v) is 6.62. The lowest BCUT2D eigenvalue weighted by Gasteiger charge is -2.21. The summed E-state index contributed by atoms with van der Waals surface area (Å²) in [6.07, 6.45) is 0. The normalized spacial score (nSPS) is 11.5. The maximum Gasteiger partial charge on any atom is 0.161 e. The van der Waals surface area contributed by atoms with Gasteiger partial charge in [0.2, 0.25) is 0 Å². The number of benzene rings is 4. The lowest BCUT2D eigenvalue weighted by atomic mass is 9.85. The van der Waals surface area contributed by atoms with E-state index in [1.165, 1.54) is 12.1 Å². The molecule has 0 atom stereocenters. The Balaban J connectivity index is 0.00000342. The van der Waals surface area contributed by atoms with Gasteiger partial charge in [-0.25, -0.2) is 0 Å². The summed E-state index contributed by atoms with van der Waals surface area (Å²) in [5.74, 6) is -1.56. The number of fused-ring (bicyclic) bond motifs is 2. The molecule has 184 valence electrons. The molecule has 0 saturated carbocycles. The van der Waals surface area contributed by atoms with Gasteiger partial charge >= 0.3 is 0 Å². The first-order valence-electron chi connectivity index (χ1n) is 11.3. The molecular weight excluding hydrogens is 464 g/mol. The number of phenols is 6. The Kier molecular flexibility index (Phi) is 6.70. The van der Waals surface area contributed by atoms with Gasteiger partial charge < -0.3 is 30.6 Å². The van der Waals surface area contributed by atoms with Gasteiger partial charge in [0.05, 0.1) is 0 Å². The molecule has 0 aliphatic heterocycles. The average Bonchev–Trinajstić information content (AvgIpc) is 2.73. The van der Waals surface area contributed by atoms with E-state index in [1.54, 1.807) is 13.8 Å². The zero-order valence-corrected chi connectivity index (χ0v) is 21.4. The Bertz CT molecular complexity index is 1370. The van der Waals surface area contributed by atoms with Crippen molar-refractivity contribution in [1.29, 1.82) is 0 Å². The van der Waals surface area contributed by atoms with E-state index < -0.39 is 0 Å². The summed E-state index contributed by atoms with van der Waals surface area (Å²) in [6, 6.07) is 6.30. The summed E-state index contributed by atoms with van der Waals surface area (Å²) >= 11 is 0. The summed E-state index contributed by atoms with van der Waals surface area (Å²) < 4.78 is 0. The molecule has 4 aromatic rings. The van der Waals surface area contributed by atoms with Crippen molar-refractivity contribution >= 4 is 35.0 Å². The predicted molar refractivity (Wildman–Crippen MR) is 142 cm³/mol. The van der Waals surface area contributed by atoms with Crippen molar-refractivity contribution in [3.63, 3.8) is 0 Å². The molecular formula is C28H30O6S. The standard InChI is InChI=1S/C28H30O6.S/c1-11(2)21-15-7-13(5)23(25(31)17(15)9-19(29)27(21)33)24-14(6)8-16-18(26(24)32)10-20(30)28(34)22(16)12(3)4;/h7-12,29-34H,1-6H3;. The van der Waals surface area contributed by atoms with E-state index in [2.05, 4.69) is 0 Å². The molecule has 0 aliphatic rings. The minimum atomic E-state index is -0.331. The van der Waals surface area contributed by atoms with Crippen LogP contribution in [0.25, 0.3) is 32.7 Å². The van der Waals surface area contributed by atoms with E-state index in [0.717, 1.165) is 0 Å². The third-order valence-electron chi connectivity index (χ3n) is 6.62. The summed E-state index contributed by atoms with van der Waals surface area (Å²) in [6.45, 7) is 11.2. The number of rotatable bonds is 3. The quantitative estimate of drug-likeness (QED) is 0.165. The lowest BCUT2D eigenvalue weighted by Crippen LogP contribution is -1.97. The molecule has 0 unspecified atom stereocenters. The highest BCUT2D eigenvalue weighted by Crippen LogP contribution is 2.52. The molecule has 35 heavy (non-hydrogen) atoms. The van der Waals surface area contributed by atoms with Crippen molar-refractivity contribution < 1.29 is 30.6 Å². The Morgan fingerprint density at radius 3 is 1.09 bits per heavy atom. The monoisotopic (exact) mass is 494 g/mol. The molecule has 0 aliphatic carbocycles. The SMILES string of the molecule is Cc1cc2c(C(C)C)c(O)c(O)cc2c(O)c1-c1c(C)cc2c(C(C)C)c(O)c(O)cc2c1O.[S]. The van der Waals surface area contributed by atoms with E-state index in [0.29, 0.717) is 54.9 Å². The van der Waals surface area contributed by atoms with Crippen LogP contribution in [0.2, 0.25) is 0 Å². The topological polar surface area (TPSA) is 121 Å². The minimum Gasteiger partial charge on any atom is -0.507 e. The Morgan fingerprint density at radius 1 is 0.486 bits per heavy atom. The van der Waals surface area contributed by atoms with Crippen LogP contribution in [-0.2, 0) is 0 Å². The van der Waals surface area contributed by atoms with Crippen molar-refractivity contribution in [3.05, 3.63) is 46.5 Å². The molecule has 6 nitrogen and oxygen atoms in total. The van der Waals surface area contributed by atoms with E-state index in [-0.39, 0.29) is 59.8 Å². The predicted octanol–water partition coefficient (Wildman–Crippen LogP) is 7.41. The maximum absolute atomic E-state index is 11.4. The van der Waals surface area contributed by atoms with E-state index in [4.69, 9.17) is 0 Å². The van der Waals surface area contributed by atoms with Crippen LogP contribution in [-0.4, -0.2) is 30.6 Å². The molecule has 0 amide bonds. The highest BCUT2D eigenvalue weighted by Gasteiger charge is 2.25. The molecule has 0 spiro atoms. The largest absolute Gasteiger partial charge is 0.507 e. The molecule has 4 aromatic carbocycles. The van der Waals surface area contributed by atoms with Crippen LogP contribution in [0.1, 0.15) is 61.8 Å². The zero-order valence-electron chi connectivity index (χ0n) is 20.6. The second kappa shape index (κ2) is 8.96. The summed E-state index contributed by atoms with van der Waals surface area (Å²) in [4.78, 5) is 0. The number of aryl methyl sites for hydroxylation is 2. The van der Waals surface area contributed by atoms with Crippen molar-refractivity contribution in [2.75, 3.05) is 0 Å². The summed E-state index contributed by atoms with van der Waals surface area (Å²) in [5.41, 5.74) is 3.18. The van der Waals surface area contributed by atoms with Crippen LogP contribution in [0.3, 0.4) is 0 Å². The first-order chi connectivity index (χ1) is 15.9. The van der Waals surface area contributed by atoms with Gasteiger partial charge in [0.1, 0.15) is 11.5 Å². The van der Waals surface area contributed by atoms with Crippen LogP contribution in [0.5, 0.6) is 34.5 Å². The molecule has 6 N–H and O–H groups in total. The highest BCUT2D eigenvalue weighted by molar-refractivity contribution is 7.59. The van der Waals surface area contributed by atoms with Crippen molar-refractivity contribution in [3.8, 4) is 45.6 Å². The summed E-state index contributed by atoms with van der Waals surface area (Å²) in [5, 5.41) is 66.2. The van der Waals surface area contributed by atoms with Crippen molar-refractivity contribution in [2.24, 2.45) is 0 Å². The average molecular weight is 495 g/mol. The van der Waals surface area contributed by atoms with Crippen molar-refractivity contribution in [2.45, 2.75) is 53.4 Å². The van der Waals surface area contributed by atoms with E-state index >= 15 is 0 Å². The van der Waals surface area contributed by atoms with Crippen LogP contribution in [0.15, 0.2) is 24.3 Å². The second-order valence-corrected chi connectivity index (χ2v) is 9.65. The smallest absolute Gasteiger partial charge is 0.161 e. The van der Waals surface area contributed by atoms with Gasteiger partial charge in [-0.05, 0) is 59.7 Å². The van der Waals surface area contributed by atoms with Gasteiger partial charge in [-0.2, -0.15) is 0 Å². The molecule has 4 rings (SSSR count). The molecule has 2 radical (unpaired) electrons. The van der Waals surface area contributed by atoms with Crippen LogP contribution in [0, 0.1) is 13.8 Å². The first-order valence-corrected chi connectivity index (χ1v) is 11.3. The number of hydrogen-bond acceptors (Lipinski definition) is 6. The number of hydrogen-bond donors (Lipinski definition) is 6. The Morgan fingerprint density at radius 2 is 0.800 bits per heavy atom. The van der Waals surface area contributed by atoms with Gasteiger partial charge in [0.25, 0.3) is 0 Å². The van der Waals surface area contributed by atoms with Crippen LogP contribution >= 0.6 is 13.5 Å². The van der Waals surface area contributed by atoms with Gasteiger partial charge in [-0.15, -0.1) is 0 Å². The fourth-order valence-corrected chi connectivity index (χ4v) is 5.11. The zero-order chi connectivity index (χ0) is 25.2. The molecule has 0 bridgehead atoms. The fourth-order valence-electron chi connectivity index (χ4n) is 5.11. The molecule has 0 saturated heterocycles. The van der Waals surface area contributed by atoms with Gasteiger partial charge in [-0.1, -0.05) is 39.8 Å². The number of phenolic OH excluding ortho intramolecular Hbond substituents is 6. The minimum absolute atomic E-state index is 0. The van der Waals surface area contributed by atoms with Gasteiger partial charge in [0, 0.05) is 46.5 Å². The Labute approximate surface area is 211 Å². The first kappa shape index (κ1) is 26.2. The van der Waals surface area contributed by atoms with E-state index in [9.17, 15) is 30.6 Å². The van der Waals surface area contributed by atoms with Crippen LogP contribution in [0.4, 0.5) is 0 Å². The Hall–Kier alpha value is -3.45. The highest BCUT2D eigenvalue weighted by atomic mass is 32.1. The molecule has 0 aromatic heterocycles. The fraction of sp³-hybridized carbons (Fsp3) is 0.286. The summed E-state index contributed by atoms with van der Waals surface area (Å²) in [7, 11) is 0. The third kappa shape index (κ3) is 3.84. The maximum atomic E-state index is 11.4. The van der Waals surface area contributed by atoms with E-state index in [1.807, 2.05) is 39.8 Å².